The van der Waals surface area contributed by atoms with Crippen LogP contribution < -0.4 is 0 Å². The number of ketones is 4. The summed E-state index contributed by atoms with van der Waals surface area (Å²) < 4.78 is 45.3. The van der Waals surface area contributed by atoms with E-state index in [2.05, 4.69) is 135 Å². The van der Waals surface area contributed by atoms with Crippen molar-refractivity contribution in [3.63, 3.8) is 0 Å². The number of ether oxygens (including phenoxy) is 7. The molecule has 4 saturated heterocycles. The summed E-state index contributed by atoms with van der Waals surface area (Å²) >= 11 is 14.4. The third-order valence-electron chi connectivity index (χ3n) is 41.1. The Balaban J connectivity index is 0.000000105. The van der Waals surface area contributed by atoms with Gasteiger partial charge in [0, 0.05) is 32.4 Å². The van der Waals surface area contributed by atoms with E-state index in [1.807, 2.05) is 72.8 Å². The summed E-state index contributed by atoms with van der Waals surface area (Å²) in [5.41, 5.74) is 3.94. The van der Waals surface area contributed by atoms with Crippen molar-refractivity contribution in [2.45, 2.75) is 352 Å². The largest absolute Gasteiger partial charge is 0.459 e. The Hall–Kier alpha value is -3.49. The van der Waals surface area contributed by atoms with Crippen molar-refractivity contribution in [3.05, 3.63) is 123 Å². The van der Waals surface area contributed by atoms with Crippen molar-refractivity contribution in [3.8, 4) is 0 Å². The summed E-state index contributed by atoms with van der Waals surface area (Å²) in [7, 11) is 0. The van der Waals surface area contributed by atoms with Crippen LogP contribution in [0.2, 0.25) is 0 Å². The highest BCUT2D eigenvalue weighted by Crippen LogP contribution is 2.80. The van der Waals surface area contributed by atoms with Gasteiger partial charge in [0.05, 0.1) is 52.1 Å². The SMILES string of the molecule is CC(=O)[C@@]12OC1C[C@H]1[C@@H]3CC[C@H]4CC(O)CC[C@]4(C)C3=CC[C@@]12C.CC(=O)[C@@]12OC1C[C@H]1[C@@H]3CC[C@H]4CC(OC(=O)c5cccc(I)c5)CC[C@]4(C)C3=CC[C@@]12C.CC(=O)[C@@]12OC1C[C@H]1[C@@H]3CC[C@H]4CC(OC(=O)c5cccc(I)c5)CC[C@]4(C)[C@@]3(Cl)CC[C@@]12C.CC(=O)[C@@]12OC1C[C@H]1[C@@H]3CC[C@H]4CC(OC(=O)c5cccc(I)c5)CC[C@]4(C)[C@H]3CC[C@@]12C. The average Bonchev–Trinajstić information content (AvgIpc) is 1.48. The topological polar surface area (TPSA) is 218 Å². The first-order chi connectivity index (χ1) is 58.8. The molecule has 14 saturated carbocycles. The van der Waals surface area contributed by atoms with Gasteiger partial charge in [-0.2, -0.15) is 0 Å². The minimum absolute atomic E-state index is 0.00492. The Labute approximate surface area is 781 Å². The smallest absolute Gasteiger partial charge is 0.338 e. The lowest BCUT2D eigenvalue weighted by Crippen LogP contribution is -2.64. The molecule has 4 aliphatic heterocycles. The fourth-order valence-electron chi connectivity index (χ4n) is 34.4. The molecule has 0 bridgehead atoms. The van der Waals surface area contributed by atoms with Crippen LogP contribution >= 0.6 is 79.4 Å². The van der Waals surface area contributed by atoms with E-state index in [0.717, 1.165) is 164 Å². The number of fused-ring (bicyclic) bond motifs is 28. The van der Waals surface area contributed by atoms with Crippen molar-refractivity contribution < 1.29 is 71.8 Å². The molecule has 18 fully saturated rings. The van der Waals surface area contributed by atoms with E-state index >= 15 is 0 Å². The number of carbonyl (C=O) groups is 7. The van der Waals surface area contributed by atoms with Gasteiger partial charge >= 0.3 is 17.9 Å². The standard InChI is InChI=1S/C28H34ClIO4.C28H35IO4.C28H33IO4.C21H30O3/c1-16(31)28-23(34-28)15-22-21-8-7-18-14-20(33-24(32)17-5-4-6-19(30)13-17)9-10-25(18,2)27(21,29)12-11-26(22,28)3;2*1-16(30)28-24(33-28)15-23-21-8-7-18-14-20(32-25(31)17-5-4-6-19(29)13-17)9-11-26(18,2)22(21)10-12-27(23,28)3;1-12(22)21-18(24-21)11-17-15-5-4-13-10-14(23)6-8-19(13,2)16(15)7-9-20(17,21)3/h4-6,13,18,20-23H,7-12,14-15H2,1-3H3;4-6,13,18,20-24H,7-12,14-15H2,1-3H3;4-6,10,13,18,20-21,23-24H,7-9,11-12,14-15H2,1-3H3;7,13-15,17-18,23H,4-6,8-11H2,1-3H3/t18-,20?,21-,22-,23?,25-,26-,27+,28+;18-,20?,21+,22-,23-,24?,26-,27-,28+;18-,20?,21+,23-,24?,26-,27-,28+;13-,14?,15+,17-,18?,19-,20-,21+/m0000/s1. The van der Waals surface area contributed by atoms with Crippen molar-refractivity contribution in [1.82, 2.24) is 0 Å². The van der Waals surface area contributed by atoms with Crippen molar-refractivity contribution in [1.29, 1.82) is 0 Å². The lowest BCUT2D eigenvalue weighted by Gasteiger charge is -2.65. The number of allylic oxidation sites excluding steroid dienone is 4. The molecule has 124 heavy (non-hydrogen) atoms. The zero-order valence-corrected chi connectivity index (χ0v) is 82.3. The Morgan fingerprint density at radius 2 is 0.758 bits per heavy atom. The number of esters is 3. The summed E-state index contributed by atoms with van der Waals surface area (Å²) in [6.07, 6.45) is 37.2. The molecule has 15 nitrogen and oxygen atoms in total. The monoisotopic (exact) mass is 2050 g/mol. The fraction of sp³-hybridized carbons (Fsp3) is 0.724. The predicted octanol–water partition coefficient (Wildman–Crippen LogP) is 22.5. The summed E-state index contributed by atoms with van der Waals surface area (Å²) in [5.74, 6) is 7.92. The number of hydrogen-bond donors (Lipinski definition) is 1. The van der Waals surface area contributed by atoms with Crippen LogP contribution in [0.25, 0.3) is 0 Å². The molecule has 23 rings (SSSR count). The molecule has 0 aromatic heterocycles. The highest BCUT2D eigenvalue weighted by Gasteiger charge is 2.84. The number of halogens is 4. The molecule has 0 amide bonds. The van der Waals surface area contributed by atoms with Gasteiger partial charge in [-0.05, 0) is 441 Å². The van der Waals surface area contributed by atoms with Gasteiger partial charge in [-0.15, -0.1) is 11.6 Å². The number of epoxide rings is 4. The molecule has 8 unspecified atom stereocenters. The van der Waals surface area contributed by atoms with Crippen molar-refractivity contribution in [2.24, 2.45) is 120 Å². The molecular formula is C105H132ClI3O15. The van der Waals surface area contributed by atoms with Crippen LogP contribution in [-0.4, -0.2) is 122 Å². The molecule has 4 heterocycles. The third kappa shape index (κ3) is 12.9. The Morgan fingerprint density at radius 1 is 0.371 bits per heavy atom. The Kier molecular flexibility index (Phi) is 22.0. The fourth-order valence-corrected chi connectivity index (χ4v) is 36.6. The second-order valence-electron chi connectivity index (χ2n) is 45.6. The van der Waals surface area contributed by atoms with Gasteiger partial charge in [0.1, 0.15) is 18.3 Å². The highest BCUT2D eigenvalue weighted by atomic mass is 127. The molecule has 0 radical (unpaired) electrons. The van der Waals surface area contributed by atoms with Crippen LogP contribution in [-0.2, 0) is 52.3 Å². The molecule has 19 heteroatoms. The van der Waals surface area contributed by atoms with Gasteiger partial charge in [-0.3, -0.25) is 19.2 Å². The molecule has 16 aliphatic carbocycles. The summed E-state index contributed by atoms with van der Waals surface area (Å²) in [6, 6.07) is 22.9. The van der Waals surface area contributed by atoms with Crippen LogP contribution in [0.4, 0.5) is 0 Å². The van der Waals surface area contributed by atoms with E-state index in [1.165, 1.54) is 44.9 Å². The molecule has 20 aliphatic rings. The molecule has 3 aromatic carbocycles. The second kappa shape index (κ2) is 30.8. The molecular weight excluding hydrogens is 1920 g/mol. The normalized spacial score (nSPS) is 49.2. The second-order valence-corrected chi connectivity index (χ2v) is 50.0. The number of rotatable bonds is 10. The van der Waals surface area contributed by atoms with E-state index in [4.69, 9.17) is 44.8 Å². The van der Waals surface area contributed by atoms with Crippen LogP contribution in [0.3, 0.4) is 0 Å². The summed E-state index contributed by atoms with van der Waals surface area (Å²) in [6.45, 7) is 26.1. The van der Waals surface area contributed by atoms with Gasteiger partial charge < -0.3 is 38.3 Å². The van der Waals surface area contributed by atoms with Gasteiger partial charge in [0.2, 0.25) is 0 Å². The summed E-state index contributed by atoms with van der Waals surface area (Å²) in [4.78, 5) is 88.2. The third-order valence-corrected chi connectivity index (χ3v) is 44.0. The molecule has 34 atom stereocenters. The quantitative estimate of drug-likeness (QED) is 0.0498. The van der Waals surface area contributed by atoms with Gasteiger partial charge in [-0.1, -0.05) is 96.9 Å². The number of Topliss-reactive ketones (excluding diaryl/α,β-unsaturated/α-hetero) is 4. The number of hydrogen-bond acceptors (Lipinski definition) is 15. The highest BCUT2D eigenvalue weighted by molar-refractivity contribution is 14.1. The molecule has 0 spiro atoms. The first-order valence-corrected chi connectivity index (χ1v) is 51.8. The van der Waals surface area contributed by atoms with E-state index < -0.39 is 22.4 Å². The van der Waals surface area contributed by atoms with Gasteiger partial charge in [0.15, 0.2) is 45.5 Å². The zero-order valence-electron chi connectivity index (χ0n) is 75.1. The number of carbonyl (C=O) groups excluding carboxylic acids is 7. The number of alkyl halides is 1. The lowest BCUT2D eigenvalue weighted by atomic mass is 9.44. The first-order valence-electron chi connectivity index (χ1n) is 48.2. The van der Waals surface area contributed by atoms with Crippen LogP contribution in [0.1, 0.15) is 307 Å². The maximum absolute atomic E-state index is 12.8. The predicted molar refractivity (Wildman–Crippen MR) is 498 cm³/mol. The minimum Gasteiger partial charge on any atom is -0.459 e. The van der Waals surface area contributed by atoms with E-state index in [9.17, 15) is 38.7 Å². The Morgan fingerprint density at radius 3 is 1.23 bits per heavy atom. The molecule has 3 aromatic rings. The van der Waals surface area contributed by atoms with Crippen molar-refractivity contribution >= 4 is 120 Å². The van der Waals surface area contributed by atoms with E-state index in [1.54, 1.807) is 38.8 Å². The van der Waals surface area contributed by atoms with E-state index in [0.29, 0.717) is 93.1 Å². The van der Waals surface area contributed by atoms with Gasteiger partial charge in [-0.25, -0.2) is 14.4 Å². The summed E-state index contributed by atoms with van der Waals surface area (Å²) in [5, 5.41) is 10.1. The maximum Gasteiger partial charge on any atom is 0.338 e. The van der Waals surface area contributed by atoms with Crippen molar-refractivity contribution in [2.75, 3.05) is 0 Å². The molecule has 1 N–H and O–H groups in total. The minimum atomic E-state index is -0.547. The Bertz CT molecular complexity index is 4970. The van der Waals surface area contributed by atoms with Crippen LogP contribution in [0.5, 0.6) is 0 Å². The number of aliphatic hydroxyl groups excluding tert-OH is 1. The number of aliphatic hydroxyl groups is 1. The average molecular weight is 2050 g/mol. The zero-order chi connectivity index (χ0) is 87.3. The van der Waals surface area contributed by atoms with Crippen LogP contribution in [0.15, 0.2) is 96.1 Å². The first kappa shape index (κ1) is 88.4. The number of benzene rings is 3. The van der Waals surface area contributed by atoms with Gasteiger partial charge in [0.25, 0.3) is 0 Å². The molecule has 670 valence electrons. The lowest BCUT2D eigenvalue weighted by molar-refractivity contribution is -0.151. The maximum atomic E-state index is 12.8. The van der Waals surface area contributed by atoms with E-state index in [-0.39, 0.29) is 133 Å². The van der Waals surface area contributed by atoms with Crippen LogP contribution in [0, 0.1) is 131 Å².